The summed E-state index contributed by atoms with van der Waals surface area (Å²) in [7, 11) is 0. The minimum atomic E-state index is -0.268. The van der Waals surface area contributed by atoms with Crippen LogP contribution in [0.25, 0.3) is 0 Å². The number of benzene rings is 1. The van der Waals surface area contributed by atoms with Crippen molar-refractivity contribution in [1.29, 1.82) is 0 Å². The number of fused-ring (bicyclic) bond motifs is 1. The summed E-state index contributed by atoms with van der Waals surface area (Å²) >= 11 is 5.19. The highest BCUT2D eigenvalue weighted by atomic mass is 79.9. The number of nitrogens with zero attached hydrogens (tertiary/aromatic N) is 1. The molecule has 2 heterocycles. The average molecular weight is 391 g/mol. The highest BCUT2D eigenvalue weighted by Gasteiger charge is 2.23. The van der Waals surface area contributed by atoms with E-state index in [2.05, 4.69) is 33.9 Å². The van der Waals surface area contributed by atoms with Gasteiger partial charge in [-0.1, -0.05) is 6.58 Å². The number of halogens is 1. The van der Waals surface area contributed by atoms with Crippen LogP contribution in [0.5, 0.6) is 0 Å². The zero-order chi connectivity index (χ0) is 16.4. The summed E-state index contributed by atoms with van der Waals surface area (Å²) in [5.41, 5.74) is 2.60. The Hall–Kier alpha value is -1.92. The molecular weight excluding hydrogens is 376 g/mol. The molecule has 0 unspecified atom stereocenters. The first-order valence-electron chi connectivity index (χ1n) is 7.16. The van der Waals surface area contributed by atoms with Gasteiger partial charge in [-0.15, -0.1) is 11.3 Å². The maximum Gasteiger partial charge on any atom is 0.254 e. The summed E-state index contributed by atoms with van der Waals surface area (Å²) in [6.45, 7) is 4.79. The van der Waals surface area contributed by atoms with Crippen molar-refractivity contribution in [3.05, 3.63) is 62.8 Å². The van der Waals surface area contributed by atoms with Crippen molar-refractivity contribution in [3.63, 3.8) is 0 Å². The van der Waals surface area contributed by atoms with Crippen molar-refractivity contribution in [1.82, 2.24) is 4.90 Å². The Balaban J connectivity index is 1.71. The first-order chi connectivity index (χ1) is 11.1. The van der Waals surface area contributed by atoms with Gasteiger partial charge in [-0.05, 0) is 64.3 Å². The number of carbonyl (C=O) groups is 2. The summed E-state index contributed by atoms with van der Waals surface area (Å²) in [5, 5.41) is 2.67. The Labute approximate surface area is 146 Å². The monoisotopic (exact) mass is 390 g/mol. The van der Waals surface area contributed by atoms with Crippen molar-refractivity contribution in [3.8, 4) is 0 Å². The molecule has 3 rings (SSSR count). The number of rotatable bonds is 3. The van der Waals surface area contributed by atoms with E-state index in [4.69, 9.17) is 0 Å². The van der Waals surface area contributed by atoms with Crippen LogP contribution in [0.15, 0.2) is 46.8 Å². The Kier molecular flexibility index (Phi) is 4.63. The van der Waals surface area contributed by atoms with Gasteiger partial charge in [-0.2, -0.15) is 0 Å². The Bertz CT molecular complexity index is 767. The number of anilines is 1. The third-order valence-electron chi connectivity index (χ3n) is 3.72. The molecule has 4 nitrogen and oxygen atoms in total. The molecule has 1 aliphatic rings. The molecular formula is C17H15BrN2O2S. The van der Waals surface area contributed by atoms with Crippen LogP contribution in [0, 0.1) is 0 Å². The lowest BCUT2D eigenvalue weighted by atomic mass is 10.1. The molecule has 23 heavy (non-hydrogen) atoms. The molecule has 0 saturated heterocycles. The Morgan fingerprint density at radius 2 is 2.04 bits per heavy atom. The second kappa shape index (κ2) is 6.68. The van der Waals surface area contributed by atoms with Gasteiger partial charge in [-0.3, -0.25) is 9.59 Å². The lowest BCUT2D eigenvalue weighted by Crippen LogP contribution is -2.35. The van der Waals surface area contributed by atoms with Crippen LogP contribution in [-0.2, 0) is 17.8 Å². The van der Waals surface area contributed by atoms with Crippen molar-refractivity contribution in [2.24, 2.45) is 0 Å². The van der Waals surface area contributed by atoms with Crippen LogP contribution >= 0.6 is 27.3 Å². The lowest BCUT2D eigenvalue weighted by molar-refractivity contribution is -0.111. The van der Waals surface area contributed by atoms with Crippen molar-refractivity contribution in [2.75, 3.05) is 11.9 Å². The normalized spacial score (nSPS) is 13.3. The molecule has 1 aromatic carbocycles. The summed E-state index contributed by atoms with van der Waals surface area (Å²) in [4.78, 5) is 27.0. The predicted molar refractivity (Wildman–Crippen MR) is 95.7 cm³/mol. The second-order valence-corrected chi connectivity index (χ2v) is 7.76. The first kappa shape index (κ1) is 16.0. The molecule has 1 aromatic heterocycles. The predicted octanol–water partition coefficient (Wildman–Crippen LogP) is 3.83. The molecule has 0 aliphatic carbocycles. The molecule has 1 N–H and O–H groups in total. The minimum absolute atomic E-state index is 0.0155. The number of thiophene rings is 1. The minimum Gasteiger partial charge on any atom is -0.333 e. The lowest BCUT2D eigenvalue weighted by Gasteiger charge is -2.27. The summed E-state index contributed by atoms with van der Waals surface area (Å²) < 4.78 is 1.11. The molecule has 118 valence electrons. The molecule has 0 saturated carbocycles. The second-order valence-electron chi connectivity index (χ2n) is 5.25. The van der Waals surface area contributed by atoms with E-state index in [0.29, 0.717) is 17.8 Å². The van der Waals surface area contributed by atoms with Crippen LogP contribution in [0.1, 0.15) is 20.8 Å². The van der Waals surface area contributed by atoms with E-state index in [-0.39, 0.29) is 11.8 Å². The molecule has 0 spiro atoms. The van der Waals surface area contributed by atoms with Crippen LogP contribution in [0.4, 0.5) is 5.69 Å². The van der Waals surface area contributed by atoms with Crippen LogP contribution in [-0.4, -0.2) is 23.3 Å². The van der Waals surface area contributed by atoms with E-state index in [0.717, 1.165) is 16.8 Å². The van der Waals surface area contributed by atoms with Gasteiger partial charge in [0.15, 0.2) is 0 Å². The SMILES string of the molecule is C=CC(=O)Nc1ccc(C(=O)N2CCc3cc(Br)sc3C2)cc1. The van der Waals surface area contributed by atoms with Gasteiger partial charge in [0.1, 0.15) is 0 Å². The van der Waals surface area contributed by atoms with Gasteiger partial charge in [0.25, 0.3) is 5.91 Å². The molecule has 2 amide bonds. The topological polar surface area (TPSA) is 49.4 Å². The highest BCUT2D eigenvalue weighted by molar-refractivity contribution is 9.11. The first-order valence-corrected chi connectivity index (χ1v) is 8.77. The van der Waals surface area contributed by atoms with E-state index < -0.39 is 0 Å². The fourth-order valence-electron chi connectivity index (χ4n) is 2.53. The number of carbonyl (C=O) groups excluding carboxylic acids is 2. The van der Waals surface area contributed by atoms with Gasteiger partial charge >= 0.3 is 0 Å². The van der Waals surface area contributed by atoms with Gasteiger partial charge in [0.05, 0.1) is 10.3 Å². The average Bonchev–Trinajstić information content (AvgIpc) is 2.93. The van der Waals surface area contributed by atoms with Crippen molar-refractivity contribution in [2.45, 2.75) is 13.0 Å². The molecule has 6 heteroatoms. The zero-order valence-corrected chi connectivity index (χ0v) is 14.7. The van der Waals surface area contributed by atoms with Crippen molar-refractivity contribution >= 4 is 44.8 Å². The number of hydrogen-bond acceptors (Lipinski definition) is 3. The molecule has 0 fully saturated rings. The van der Waals surface area contributed by atoms with Crippen LogP contribution in [0.3, 0.4) is 0 Å². The standard InChI is InChI=1S/C17H15BrN2O2S/c1-2-16(21)19-13-5-3-11(4-6-13)17(22)20-8-7-12-9-15(18)23-14(12)10-20/h2-6,9H,1,7-8,10H2,(H,19,21). The summed E-state index contributed by atoms with van der Waals surface area (Å²) in [5.74, 6) is -0.252. The molecule has 0 bridgehead atoms. The summed E-state index contributed by atoms with van der Waals surface area (Å²) in [6.07, 6.45) is 2.10. The van der Waals surface area contributed by atoms with Crippen LogP contribution < -0.4 is 5.32 Å². The van der Waals surface area contributed by atoms with Gasteiger partial charge < -0.3 is 10.2 Å². The third-order valence-corrected chi connectivity index (χ3v) is 5.39. The zero-order valence-electron chi connectivity index (χ0n) is 12.3. The smallest absolute Gasteiger partial charge is 0.254 e. The third kappa shape index (κ3) is 3.54. The number of hydrogen-bond donors (Lipinski definition) is 1. The fraction of sp³-hybridized carbons (Fsp3) is 0.176. The molecule has 1 aliphatic heterocycles. The Morgan fingerprint density at radius 1 is 1.30 bits per heavy atom. The van der Waals surface area contributed by atoms with E-state index in [1.54, 1.807) is 35.6 Å². The molecule has 0 atom stereocenters. The largest absolute Gasteiger partial charge is 0.333 e. The Morgan fingerprint density at radius 3 is 2.74 bits per heavy atom. The van der Waals surface area contributed by atoms with Gasteiger partial charge in [-0.25, -0.2) is 0 Å². The molecule has 0 radical (unpaired) electrons. The van der Waals surface area contributed by atoms with Gasteiger partial charge in [0, 0.05) is 22.7 Å². The van der Waals surface area contributed by atoms with Crippen LogP contribution in [0.2, 0.25) is 0 Å². The maximum absolute atomic E-state index is 12.6. The quantitative estimate of drug-likeness (QED) is 0.809. The van der Waals surface area contributed by atoms with E-state index >= 15 is 0 Å². The maximum atomic E-state index is 12.6. The molecule has 2 aromatic rings. The number of nitrogens with one attached hydrogen (secondary N) is 1. The van der Waals surface area contributed by atoms with E-state index in [1.807, 2.05) is 4.90 Å². The summed E-state index contributed by atoms with van der Waals surface area (Å²) in [6, 6.07) is 9.07. The van der Waals surface area contributed by atoms with Crippen molar-refractivity contribution < 1.29 is 9.59 Å². The van der Waals surface area contributed by atoms with E-state index in [9.17, 15) is 9.59 Å². The fourth-order valence-corrected chi connectivity index (χ4v) is 4.34. The highest BCUT2D eigenvalue weighted by Crippen LogP contribution is 2.32. The van der Waals surface area contributed by atoms with Gasteiger partial charge in [0.2, 0.25) is 5.91 Å². The number of amides is 2. The van der Waals surface area contributed by atoms with E-state index in [1.165, 1.54) is 16.5 Å².